The Hall–Kier alpha value is -1.98. The number of hydrogen-bond donors (Lipinski definition) is 3. The lowest BCUT2D eigenvalue weighted by Crippen LogP contribution is -2.10. The van der Waals surface area contributed by atoms with E-state index in [1.807, 2.05) is 25.2 Å². The normalized spacial score (nSPS) is 11.4. The number of benzene rings is 2. The Morgan fingerprint density at radius 3 is 2.63 bits per heavy atom. The van der Waals surface area contributed by atoms with Crippen molar-refractivity contribution in [2.45, 2.75) is 6.42 Å². The Morgan fingerprint density at radius 2 is 1.85 bits per heavy atom. The summed E-state index contributed by atoms with van der Waals surface area (Å²) in [6, 6.07) is 11.8. The molecule has 0 bridgehead atoms. The quantitative estimate of drug-likeness (QED) is 0.362. The average Bonchev–Trinajstić information content (AvgIpc) is 3.01. The second-order valence-corrected chi connectivity index (χ2v) is 7.59. The van der Waals surface area contributed by atoms with E-state index in [1.165, 1.54) is 11.8 Å². The molecular weight excluding hydrogens is 403 g/mol. The number of likely N-dealkylation sites (N-methyl/N-ethyl adjacent to an activating group) is 1. The summed E-state index contributed by atoms with van der Waals surface area (Å²) in [5, 5.41) is 10.3. The molecule has 27 heavy (non-hydrogen) atoms. The fraction of sp³-hybridized carbons (Fsp3) is 0.150. The van der Waals surface area contributed by atoms with Crippen molar-refractivity contribution in [3.8, 4) is 0 Å². The molecule has 4 nitrogen and oxygen atoms in total. The van der Waals surface area contributed by atoms with Crippen molar-refractivity contribution in [2.24, 2.45) is 0 Å². The van der Waals surface area contributed by atoms with E-state index in [4.69, 9.17) is 34.8 Å². The summed E-state index contributed by atoms with van der Waals surface area (Å²) in [5.74, 6) is 0.640. The Morgan fingerprint density at radius 1 is 1.00 bits per heavy atom. The standard InChI is InChI=1S/C20H17Cl3N4/c1-24-5-4-11-6-13(26-19-9-16(22)17(23)10-25-19)8-15-14-7-12(21)2-3-18(14)27-20(11)15/h2-3,6-10,24,27H,4-5H2,1H3,(H,25,26). The molecule has 138 valence electrons. The van der Waals surface area contributed by atoms with E-state index in [1.54, 1.807) is 6.07 Å². The van der Waals surface area contributed by atoms with Crippen molar-refractivity contribution in [3.05, 3.63) is 63.2 Å². The lowest BCUT2D eigenvalue weighted by molar-refractivity contribution is 0.794. The lowest BCUT2D eigenvalue weighted by atomic mass is 10.0. The minimum Gasteiger partial charge on any atom is -0.354 e. The van der Waals surface area contributed by atoms with Crippen molar-refractivity contribution >= 4 is 68.1 Å². The van der Waals surface area contributed by atoms with Crippen molar-refractivity contribution in [2.75, 3.05) is 18.9 Å². The van der Waals surface area contributed by atoms with Crippen LogP contribution in [0, 0.1) is 0 Å². The van der Waals surface area contributed by atoms with Crippen LogP contribution in [0.1, 0.15) is 5.56 Å². The van der Waals surface area contributed by atoms with Gasteiger partial charge in [0.2, 0.25) is 0 Å². The van der Waals surface area contributed by atoms with Gasteiger partial charge in [-0.2, -0.15) is 0 Å². The molecule has 0 aliphatic heterocycles. The van der Waals surface area contributed by atoms with Crippen LogP contribution in [0.2, 0.25) is 15.1 Å². The van der Waals surface area contributed by atoms with E-state index >= 15 is 0 Å². The minimum atomic E-state index is 0.429. The van der Waals surface area contributed by atoms with Gasteiger partial charge in [0.25, 0.3) is 0 Å². The smallest absolute Gasteiger partial charge is 0.131 e. The molecule has 4 rings (SSSR count). The summed E-state index contributed by atoms with van der Waals surface area (Å²) >= 11 is 18.3. The number of halogens is 3. The van der Waals surface area contributed by atoms with Gasteiger partial charge >= 0.3 is 0 Å². The van der Waals surface area contributed by atoms with Crippen LogP contribution in [0.4, 0.5) is 11.5 Å². The maximum atomic E-state index is 6.22. The van der Waals surface area contributed by atoms with Crippen LogP contribution in [0.25, 0.3) is 21.8 Å². The summed E-state index contributed by atoms with van der Waals surface area (Å²) in [4.78, 5) is 7.82. The van der Waals surface area contributed by atoms with Gasteiger partial charge in [-0.1, -0.05) is 34.8 Å². The van der Waals surface area contributed by atoms with Crippen molar-refractivity contribution < 1.29 is 0 Å². The van der Waals surface area contributed by atoms with Gasteiger partial charge in [0.05, 0.1) is 10.0 Å². The van der Waals surface area contributed by atoms with Crippen LogP contribution in [0.15, 0.2) is 42.6 Å². The summed E-state index contributed by atoms with van der Waals surface area (Å²) in [7, 11) is 1.95. The third kappa shape index (κ3) is 3.71. The van der Waals surface area contributed by atoms with Gasteiger partial charge in [-0.3, -0.25) is 0 Å². The van der Waals surface area contributed by atoms with E-state index in [0.717, 1.165) is 40.5 Å². The van der Waals surface area contributed by atoms with Gasteiger partial charge < -0.3 is 15.6 Å². The zero-order valence-electron chi connectivity index (χ0n) is 14.5. The van der Waals surface area contributed by atoms with E-state index < -0.39 is 0 Å². The number of fused-ring (bicyclic) bond motifs is 3. The molecule has 0 amide bonds. The fourth-order valence-electron chi connectivity index (χ4n) is 3.20. The summed E-state index contributed by atoms with van der Waals surface area (Å²) in [6.45, 7) is 0.875. The SMILES string of the molecule is CNCCc1cc(Nc2cc(Cl)c(Cl)cn2)cc2c1[nH]c1ccc(Cl)cc12. The highest BCUT2D eigenvalue weighted by atomic mass is 35.5. The summed E-state index contributed by atoms with van der Waals surface area (Å²) in [5.41, 5.74) is 4.32. The predicted octanol–water partition coefficient (Wildman–Crippen LogP) is 6.18. The second kappa shape index (κ2) is 7.56. The zero-order chi connectivity index (χ0) is 19.0. The van der Waals surface area contributed by atoms with E-state index in [0.29, 0.717) is 20.9 Å². The first kappa shape index (κ1) is 18.4. The third-order valence-electron chi connectivity index (χ3n) is 4.48. The number of aromatic amines is 1. The molecule has 2 aromatic carbocycles. The van der Waals surface area contributed by atoms with Crippen LogP contribution >= 0.6 is 34.8 Å². The summed E-state index contributed by atoms with van der Waals surface area (Å²) in [6.07, 6.45) is 2.43. The molecule has 2 aromatic heterocycles. The molecule has 0 radical (unpaired) electrons. The number of rotatable bonds is 5. The molecule has 0 aliphatic carbocycles. The van der Waals surface area contributed by atoms with Crippen molar-refractivity contribution in [1.82, 2.24) is 15.3 Å². The fourth-order valence-corrected chi connectivity index (χ4v) is 3.63. The number of nitrogens with one attached hydrogen (secondary N) is 3. The van der Waals surface area contributed by atoms with E-state index in [2.05, 4.69) is 32.7 Å². The van der Waals surface area contributed by atoms with Gasteiger partial charge in [0.1, 0.15) is 5.82 Å². The van der Waals surface area contributed by atoms with Gasteiger partial charge in [-0.05, 0) is 55.9 Å². The number of pyridine rings is 1. The Kier molecular flexibility index (Phi) is 5.15. The Bertz CT molecular complexity index is 1140. The van der Waals surface area contributed by atoms with Gasteiger partial charge in [-0.25, -0.2) is 4.98 Å². The number of H-pyrrole nitrogens is 1. The number of nitrogens with zero attached hydrogens (tertiary/aromatic N) is 1. The number of hydrogen-bond acceptors (Lipinski definition) is 3. The maximum absolute atomic E-state index is 6.22. The van der Waals surface area contributed by atoms with E-state index in [9.17, 15) is 0 Å². The molecule has 0 spiro atoms. The molecule has 0 unspecified atom stereocenters. The molecule has 7 heteroatoms. The van der Waals surface area contributed by atoms with Gasteiger partial charge in [-0.15, -0.1) is 0 Å². The highest BCUT2D eigenvalue weighted by Crippen LogP contribution is 2.34. The van der Waals surface area contributed by atoms with Crippen LogP contribution in [0.3, 0.4) is 0 Å². The van der Waals surface area contributed by atoms with Crippen LogP contribution in [-0.2, 0) is 6.42 Å². The molecule has 0 atom stereocenters. The van der Waals surface area contributed by atoms with Crippen LogP contribution in [-0.4, -0.2) is 23.6 Å². The Balaban J connectivity index is 1.85. The molecule has 2 heterocycles. The second-order valence-electron chi connectivity index (χ2n) is 6.34. The molecule has 0 fully saturated rings. The van der Waals surface area contributed by atoms with Crippen LogP contribution in [0.5, 0.6) is 0 Å². The first-order valence-electron chi connectivity index (χ1n) is 8.51. The highest BCUT2D eigenvalue weighted by molar-refractivity contribution is 6.42. The summed E-state index contributed by atoms with van der Waals surface area (Å²) < 4.78 is 0. The highest BCUT2D eigenvalue weighted by Gasteiger charge is 2.12. The van der Waals surface area contributed by atoms with E-state index in [-0.39, 0.29) is 0 Å². The molecule has 4 aromatic rings. The Labute approximate surface area is 171 Å². The molecule has 3 N–H and O–H groups in total. The average molecular weight is 420 g/mol. The van der Waals surface area contributed by atoms with Crippen LogP contribution < -0.4 is 10.6 Å². The monoisotopic (exact) mass is 418 g/mol. The maximum Gasteiger partial charge on any atom is 0.131 e. The zero-order valence-corrected chi connectivity index (χ0v) is 16.8. The predicted molar refractivity (Wildman–Crippen MR) is 116 cm³/mol. The molecular formula is C20H17Cl3N4. The molecule has 0 saturated carbocycles. The topological polar surface area (TPSA) is 52.7 Å². The van der Waals surface area contributed by atoms with Crippen molar-refractivity contribution in [3.63, 3.8) is 0 Å². The van der Waals surface area contributed by atoms with Gasteiger partial charge in [0, 0.05) is 44.8 Å². The van der Waals surface area contributed by atoms with Crippen molar-refractivity contribution in [1.29, 1.82) is 0 Å². The number of aromatic nitrogens is 2. The molecule has 0 saturated heterocycles. The number of anilines is 2. The van der Waals surface area contributed by atoms with Gasteiger partial charge in [0.15, 0.2) is 0 Å². The third-order valence-corrected chi connectivity index (χ3v) is 5.42. The lowest BCUT2D eigenvalue weighted by Gasteiger charge is -2.10. The minimum absolute atomic E-state index is 0.429. The first-order valence-corrected chi connectivity index (χ1v) is 9.65. The first-order chi connectivity index (χ1) is 13.0. The largest absolute Gasteiger partial charge is 0.354 e. The molecule has 0 aliphatic rings.